The van der Waals surface area contributed by atoms with Gasteiger partial charge in [0.2, 0.25) is 5.88 Å². The van der Waals surface area contributed by atoms with Gasteiger partial charge >= 0.3 is 5.97 Å². The average molecular weight is 334 g/mol. The Morgan fingerprint density at radius 3 is 2.54 bits per heavy atom. The van der Waals surface area contributed by atoms with Crippen molar-refractivity contribution >= 4 is 17.5 Å². The predicted octanol–water partition coefficient (Wildman–Crippen LogP) is 2.16. The fraction of sp³-hybridized carbons (Fsp3) is 0.706. The predicted molar refractivity (Wildman–Crippen MR) is 90.9 cm³/mol. The van der Waals surface area contributed by atoms with Crippen LogP contribution in [0.4, 0.5) is 11.5 Å². The van der Waals surface area contributed by atoms with Gasteiger partial charge in [0.05, 0.1) is 13.0 Å². The van der Waals surface area contributed by atoms with E-state index in [9.17, 15) is 4.79 Å². The molecule has 1 saturated carbocycles. The van der Waals surface area contributed by atoms with Crippen LogP contribution in [0.1, 0.15) is 44.9 Å². The van der Waals surface area contributed by atoms with Crippen molar-refractivity contribution in [1.82, 2.24) is 9.97 Å². The van der Waals surface area contributed by atoms with Crippen molar-refractivity contribution in [3.8, 4) is 5.88 Å². The molecule has 2 N–H and O–H groups in total. The quantitative estimate of drug-likeness (QED) is 0.844. The molecule has 0 amide bonds. The summed E-state index contributed by atoms with van der Waals surface area (Å²) in [6.45, 7) is 1.45. The highest BCUT2D eigenvalue weighted by Crippen LogP contribution is 2.33. The van der Waals surface area contributed by atoms with Gasteiger partial charge in [-0.05, 0) is 38.5 Å². The maximum absolute atomic E-state index is 11.6. The Hall–Kier alpha value is -2.05. The summed E-state index contributed by atoms with van der Waals surface area (Å²) in [5, 5.41) is 0. The molecular formula is C17H26N4O3. The highest BCUT2D eigenvalue weighted by atomic mass is 16.5. The Balaban J connectivity index is 1.66. The molecule has 2 heterocycles. The van der Waals surface area contributed by atoms with Crippen LogP contribution in [0.3, 0.4) is 0 Å². The topological polar surface area (TPSA) is 90.6 Å². The van der Waals surface area contributed by atoms with Gasteiger partial charge in [0.15, 0.2) is 5.82 Å². The highest BCUT2D eigenvalue weighted by molar-refractivity contribution is 5.73. The van der Waals surface area contributed by atoms with Gasteiger partial charge in [0.1, 0.15) is 18.1 Å². The van der Waals surface area contributed by atoms with E-state index in [0.717, 1.165) is 38.8 Å². The van der Waals surface area contributed by atoms with E-state index in [1.807, 2.05) is 0 Å². The van der Waals surface area contributed by atoms with Crippen molar-refractivity contribution < 1.29 is 14.3 Å². The first-order valence-electron chi connectivity index (χ1n) is 8.79. The van der Waals surface area contributed by atoms with Gasteiger partial charge in [-0.2, -0.15) is 4.98 Å². The van der Waals surface area contributed by atoms with Crippen LogP contribution < -0.4 is 15.4 Å². The first-order chi connectivity index (χ1) is 11.7. The minimum atomic E-state index is -0.133. The van der Waals surface area contributed by atoms with E-state index in [-0.39, 0.29) is 18.0 Å². The van der Waals surface area contributed by atoms with Crippen LogP contribution >= 0.6 is 0 Å². The summed E-state index contributed by atoms with van der Waals surface area (Å²) in [6, 6.07) is 0. The molecule has 0 bridgehead atoms. The molecule has 1 aromatic rings. The number of nitrogens with two attached hydrogens (primary N) is 1. The first kappa shape index (κ1) is 16.8. The number of hydrogen-bond acceptors (Lipinski definition) is 7. The molecule has 2 aliphatic rings. The van der Waals surface area contributed by atoms with E-state index < -0.39 is 0 Å². The van der Waals surface area contributed by atoms with Crippen molar-refractivity contribution in [2.45, 2.75) is 51.0 Å². The van der Waals surface area contributed by atoms with E-state index in [4.69, 9.17) is 15.2 Å². The lowest BCUT2D eigenvalue weighted by molar-refractivity contribution is -0.146. The Bertz CT molecular complexity index is 567. The third-order valence-electron chi connectivity index (χ3n) is 4.99. The van der Waals surface area contributed by atoms with Crippen LogP contribution in [0.2, 0.25) is 0 Å². The SMILES string of the molecule is COC(=O)C1CCN(c2ncnc(OC3CCCCC3)c2N)CC1. The van der Waals surface area contributed by atoms with Crippen molar-refractivity contribution in [2.24, 2.45) is 5.92 Å². The second-order valence-corrected chi connectivity index (χ2v) is 6.58. The first-order valence-corrected chi connectivity index (χ1v) is 8.79. The Labute approximate surface area is 142 Å². The number of nitrogen functional groups attached to an aromatic ring is 1. The zero-order valence-corrected chi connectivity index (χ0v) is 14.2. The van der Waals surface area contributed by atoms with Gasteiger partial charge in [-0.3, -0.25) is 4.79 Å². The standard InChI is InChI=1S/C17H26N4O3/c1-23-17(22)12-7-9-21(10-8-12)15-14(18)16(20-11-19-15)24-13-5-3-2-4-6-13/h11-13H,2-10,18H2,1H3. The summed E-state index contributed by atoms with van der Waals surface area (Å²) >= 11 is 0. The molecule has 1 aromatic heterocycles. The van der Waals surface area contributed by atoms with E-state index in [0.29, 0.717) is 17.4 Å². The molecule has 1 aliphatic heterocycles. The Morgan fingerprint density at radius 2 is 1.88 bits per heavy atom. The molecule has 0 unspecified atom stereocenters. The molecule has 0 radical (unpaired) electrons. The van der Waals surface area contributed by atoms with Crippen molar-refractivity contribution in [1.29, 1.82) is 0 Å². The molecule has 0 atom stereocenters. The van der Waals surface area contributed by atoms with Crippen LogP contribution in [-0.2, 0) is 9.53 Å². The number of carbonyl (C=O) groups is 1. The van der Waals surface area contributed by atoms with Gasteiger partial charge in [0.25, 0.3) is 0 Å². The Morgan fingerprint density at radius 1 is 1.17 bits per heavy atom. The lowest BCUT2D eigenvalue weighted by Gasteiger charge is -2.32. The molecule has 132 valence electrons. The second kappa shape index (κ2) is 7.68. The third-order valence-corrected chi connectivity index (χ3v) is 4.99. The number of ether oxygens (including phenoxy) is 2. The summed E-state index contributed by atoms with van der Waals surface area (Å²) in [5.41, 5.74) is 6.77. The lowest BCUT2D eigenvalue weighted by Crippen LogP contribution is -2.37. The summed E-state index contributed by atoms with van der Waals surface area (Å²) in [6.07, 6.45) is 8.99. The number of hydrogen-bond donors (Lipinski definition) is 1. The molecular weight excluding hydrogens is 308 g/mol. The molecule has 24 heavy (non-hydrogen) atoms. The van der Waals surface area contributed by atoms with E-state index in [1.165, 1.54) is 32.7 Å². The van der Waals surface area contributed by atoms with Crippen LogP contribution in [0, 0.1) is 5.92 Å². The number of aromatic nitrogens is 2. The molecule has 3 rings (SSSR count). The smallest absolute Gasteiger partial charge is 0.308 e. The zero-order valence-electron chi connectivity index (χ0n) is 14.2. The second-order valence-electron chi connectivity index (χ2n) is 6.58. The van der Waals surface area contributed by atoms with E-state index in [2.05, 4.69) is 14.9 Å². The van der Waals surface area contributed by atoms with Crippen LogP contribution in [0.15, 0.2) is 6.33 Å². The number of esters is 1. The normalized spacial score (nSPS) is 20.0. The van der Waals surface area contributed by atoms with Gasteiger partial charge in [0, 0.05) is 13.1 Å². The minimum absolute atomic E-state index is 0.0349. The molecule has 1 saturated heterocycles. The number of anilines is 2. The summed E-state index contributed by atoms with van der Waals surface area (Å²) in [5.74, 6) is 1.03. The maximum atomic E-state index is 11.6. The number of carbonyl (C=O) groups excluding carboxylic acids is 1. The maximum Gasteiger partial charge on any atom is 0.308 e. The van der Waals surface area contributed by atoms with Crippen molar-refractivity contribution in [3.63, 3.8) is 0 Å². The van der Waals surface area contributed by atoms with E-state index in [1.54, 1.807) is 0 Å². The average Bonchev–Trinajstić information content (AvgIpc) is 2.64. The summed E-state index contributed by atoms with van der Waals surface area (Å²) < 4.78 is 10.8. The summed E-state index contributed by atoms with van der Waals surface area (Å²) in [7, 11) is 1.44. The van der Waals surface area contributed by atoms with Gasteiger partial charge in [-0.15, -0.1) is 0 Å². The minimum Gasteiger partial charge on any atom is -0.473 e. The fourth-order valence-corrected chi connectivity index (χ4v) is 3.55. The monoisotopic (exact) mass is 334 g/mol. The largest absolute Gasteiger partial charge is 0.473 e. The molecule has 0 aromatic carbocycles. The number of rotatable bonds is 4. The van der Waals surface area contributed by atoms with Crippen molar-refractivity contribution in [2.75, 3.05) is 30.8 Å². The molecule has 2 fully saturated rings. The number of nitrogens with zero attached hydrogens (tertiary/aromatic N) is 3. The lowest BCUT2D eigenvalue weighted by atomic mass is 9.97. The molecule has 1 aliphatic carbocycles. The fourth-order valence-electron chi connectivity index (χ4n) is 3.55. The van der Waals surface area contributed by atoms with Crippen LogP contribution in [0.5, 0.6) is 5.88 Å². The van der Waals surface area contributed by atoms with Gasteiger partial charge in [-0.1, -0.05) is 6.42 Å². The van der Waals surface area contributed by atoms with Crippen molar-refractivity contribution in [3.05, 3.63) is 6.33 Å². The third kappa shape index (κ3) is 3.71. The molecule has 0 spiro atoms. The van der Waals surface area contributed by atoms with Gasteiger partial charge in [-0.25, -0.2) is 4.98 Å². The zero-order chi connectivity index (χ0) is 16.9. The van der Waals surface area contributed by atoms with Crippen LogP contribution in [-0.4, -0.2) is 42.2 Å². The van der Waals surface area contributed by atoms with Crippen LogP contribution in [0.25, 0.3) is 0 Å². The number of piperidine rings is 1. The molecule has 7 nitrogen and oxygen atoms in total. The highest BCUT2D eigenvalue weighted by Gasteiger charge is 2.28. The summed E-state index contributed by atoms with van der Waals surface area (Å²) in [4.78, 5) is 22.3. The van der Waals surface area contributed by atoms with Gasteiger partial charge < -0.3 is 20.1 Å². The van der Waals surface area contributed by atoms with E-state index >= 15 is 0 Å². The Kier molecular flexibility index (Phi) is 5.37. The molecule has 7 heteroatoms. The number of methoxy groups -OCH3 is 1.